The molecule has 0 amide bonds. The molecule has 0 saturated carbocycles. The Bertz CT molecular complexity index is 1310. The first-order chi connectivity index (χ1) is 16.6. The number of nitrogens with zero attached hydrogens (tertiary/aromatic N) is 5. The Kier molecular flexibility index (Phi) is 6.05. The van der Waals surface area contributed by atoms with Crippen molar-refractivity contribution in [2.75, 3.05) is 27.2 Å². The molecule has 0 radical (unpaired) electrons. The maximum absolute atomic E-state index is 9.26. The van der Waals surface area contributed by atoms with Crippen molar-refractivity contribution in [2.45, 2.75) is 12.8 Å². The van der Waals surface area contributed by atoms with E-state index in [4.69, 9.17) is 9.15 Å². The topological polar surface area (TPSA) is 96.9 Å². The number of likely N-dealkylation sites (N-methyl/N-ethyl adjacent to an activating group) is 1. The van der Waals surface area contributed by atoms with Gasteiger partial charge in [0.25, 0.3) is 0 Å². The van der Waals surface area contributed by atoms with E-state index in [2.05, 4.69) is 26.2 Å². The zero-order valence-corrected chi connectivity index (χ0v) is 19.1. The lowest BCUT2D eigenvalue weighted by Gasteiger charge is -2.09. The molecule has 172 valence electrons. The van der Waals surface area contributed by atoms with E-state index in [1.165, 1.54) is 0 Å². The van der Waals surface area contributed by atoms with Crippen LogP contribution in [0.4, 0.5) is 0 Å². The van der Waals surface area contributed by atoms with Crippen molar-refractivity contribution in [1.82, 2.24) is 19.9 Å². The highest BCUT2D eigenvalue weighted by atomic mass is 16.5. The van der Waals surface area contributed by atoms with Gasteiger partial charge in [0.05, 0.1) is 11.3 Å². The molecule has 8 nitrogen and oxygen atoms in total. The molecule has 34 heavy (non-hydrogen) atoms. The Morgan fingerprint density at radius 2 is 1.76 bits per heavy atom. The summed E-state index contributed by atoms with van der Waals surface area (Å²) >= 11 is 0. The van der Waals surface area contributed by atoms with E-state index in [-0.39, 0.29) is 0 Å². The fraction of sp³-hybridized carbons (Fsp3) is 0.231. The van der Waals surface area contributed by atoms with Crippen LogP contribution in [-0.4, -0.2) is 58.0 Å². The smallest absolute Gasteiger partial charge is 0.316 e. The van der Waals surface area contributed by atoms with E-state index in [0.29, 0.717) is 18.4 Å². The molecule has 0 atom stereocenters. The highest BCUT2D eigenvalue weighted by Gasteiger charge is 2.22. The van der Waals surface area contributed by atoms with Crippen molar-refractivity contribution in [3.63, 3.8) is 0 Å². The first kappa shape index (κ1) is 21.8. The van der Waals surface area contributed by atoms with Gasteiger partial charge in [-0.25, -0.2) is 9.97 Å². The van der Waals surface area contributed by atoms with Crippen molar-refractivity contribution in [2.24, 2.45) is 5.16 Å². The summed E-state index contributed by atoms with van der Waals surface area (Å²) in [6, 6.07) is 12.4. The summed E-state index contributed by atoms with van der Waals surface area (Å²) in [4.78, 5) is 14.9. The summed E-state index contributed by atoms with van der Waals surface area (Å²) in [5.41, 5.74) is 6.58. The minimum absolute atomic E-state index is 0.340. The van der Waals surface area contributed by atoms with Gasteiger partial charge in [-0.1, -0.05) is 23.4 Å². The molecule has 4 aromatic rings. The van der Waals surface area contributed by atoms with Gasteiger partial charge in [-0.05, 0) is 56.3 Å². The number of ether oxygens (including phenoxy) is 1. The predicted octanol–water partition coefficient (Wildman–Crippen LogP) is 4.53. The van der Waals surface area contributed by atoms with E-state index in [1.54, 1.807) is 24.8 Å². The van der Waals surface area contributed by atoms with Crippen LogP contribution >= 0.6 is 0 Å². The number of furan rings is 1. The number of pyridine rings is 1. The third-order valence-corrected chi connectivity index (χ3v) is 5.84. The number of hydrogen-bond donors (Lipinski definition) is 1. The SMILES string of the molecule is CN(C)CCOc1ncc(-c2cc(-c3ccc4c(c3)CC/C4=N\O)c(-c3ccncc3)o2)cn1. The Balaban J connectivity index is 1.50. The summed E-state index contributed by atoms with van der Waals surface area (Å²) in [7, 11) is 3.98. The molecule has 8 heteroatoms. The van der Waals surface area contributed by atoms with Crippen LogP contribution in [0.5, 0.6) is 6.01 Å². The molecule has 1 aliphatic rings. The number of aromatic nitrogens is 3. The van der Waals surface area contributed by atoms with Gasteiger partial charge in [0.15, 0.2) is 0 Å². The Hall–Kier alpha value is -4.04. The first-order valence-electron chi connectivity index (χ1n) is 11.1. The minimum atomic E-state index is 0.340. The number of fused-ring (bicyclic) bond motifs is 1. The van der Waals surface area contributed by atoms with Gasteiger partial charge in [-0.3, -0.25) is 4.98 Å². The predicted molar refractivity (Wildman–Crippen MR) is 129 cm³/mol. The Morgan fingerprint density at radius 1 is 0.971 bits per heavy atom. The van der Waals surface area contributed by atoms with Crippen LogP contribution in [0, 0.1) is 0 Å². The van der Waals surface area contributed by atoms with Crippen LogP contribution in [0.3, 0.4) is 0 Å². The lowest BCUT2D eigenvalue weighted by atomic mass is 9.98. The van der Waals surface area contributed by atoms with Gasteiger partial charge in [-0.2, -0.15) is 0 Å². The van der Waals surface area contributed by atoms with Gasteiger partial charge < -0.3 is 19.3 Å². The van der Waals surface area contributed by atoms with Crippen molar-refractivity contribution in [1.29, 1.82) is 0 Å². The fourth-order valence-electron chi connectivity index (χ4n) is 4.04. The van der Waals surface area contributed by atoms with Crippen LogP contribution in [0.1, 0.15) is 17.5 Å². The third-order valence-electron chi connectivity index (χ3n) is 5.84. The molecule has 0 fully saturated rings. The summed E-state index contributed by atoms with van der Waals surface area (Å²) in [6.45, 7) is 1.30. The van der Waals surface area contributed by atoms with E-state index < -0.39 is 0 Å². The number of oxime groups is 1. The molecule has 0 saturated heterocycles. The normalized spacial score (nSPS) is 14.0. The average molecular weight is 456 g/mol. The molecule has 0 bridgehead atoms. The maximum Gasteiger partial charge on any atom is 0.316 e. The summed E-state index contributed by atoms with van der Waals surface area (Å²) in [6.07, 6.45) is 8.51. The van der Waals surface area contributed by atoms with Crippen LogP contribution in [0.2, 0.25) is 0 Å². The second-order valence-corrected chi connectivity index (χ2v) is 8.41. The highest BCUT2D eigenvalue weighted by Crippen LogP contribution is 2.40. The quantitative estimate of drug-likeness (QED) is 0.323. The van der Waals surface area contributed by atoms with Crippen LogP contribution in [0.15, 0.2) is 70.8 Å². The van der Waals surface area contributed by atoms with Gasteiger partial charge in [0.1, 0.15) is 18.1 Å². The van der Waals surface area contributed by atoms with Crippen molar-refractivity contribution >= 4 is 5.71 Å². The van der Waals surface area contributed by atoms with E-state index in [9.17, 15) is 5.21 Å². The molecule has 1 aromatic carbocycles. The summed E-state index contributed by atoms with van der Waals surface area (Å²) in [5.74, 6) is 1.41. The molecule has 1 aliphatic carbocycles. The molecule has 3 aromatic heterocycles. The van der Waals surface area contributed by atoms with Gasteiger partial charge in [0, 0.05) is 48.0 Å². The zero-order chi connectivity index (χ0) is 23.5. The van der Waals surface area contributed by atoms with Crippen molar-refractivity contribution in [3.8, 4) is 39.8 Å². The molecule has 0 unspecified atom stereocenters. The minimum Gasteiger partial charge on any atom is -0.462 e. The molecular formula is C26H25N5O3. The highest BCUT2D eigenvalue weighted by molar-refractivity contribution is 6.04. The van der Waals surface area contributed by atoms with Gasteiger partial charge in [-0.15, -0.1) is 0 Å². The van der Waals surface area contributed by atoms with E-state index in [1.807, 2.05) is 49.3 Å². The molecular weight excluding hydrogens is 430 g/mol. The summed E-state index contributed by atoms with van der Waals surface area (Å²) in [5, 5.41) is 12.7. The average Bonchev–Trinajstić information content (AvgIpc) is 3.49. The van der Waals surface area contributed by atoms with Gasteiger partial charge >= 0.3 is 6.01 Å². The third kappa shape index (κ3) is 4.40. The largest absolute Gasteiger partial charge is 0.462 e. The Morgan fingerprint density at radius 3 is 2.50 bits per heavy atom. The monoisotopic (exact) mass is 455 g/mol. The number of hydrogen-bond acceptors (Lipinski definition) is 8. The number of aryl methyl sites for hydroxylation is 1. The van der Waals surface area contributed by atoms with Gasteiger partial charge in [0.2, 0.25) is 0 Å². The number of benzene rings is 1. The number of rotatable bonds is 7. The van der Waals surface area contributed by atoms with Crippen LogP contribution in [0.25, 0.3) is 33.8 Å². The molecule has 0 aliphatic heterocycles. The van der Waals surface area contributed by atoms with Crippen LogP contribution < -0.4 is 4.74 Å². The second kappa shape index (κ2) is 9.44. The van der Waals surface area contributed by atoms with E-state index in [0.717, 1.165) is 64.2 Å². The maximum atomic E-state index is 9.26. The standard InChI is InChI=1S/C26H25N5O3/c1-31(2)11-12-33-26-28-15-20(16-29-26)24-14-22(25(34-24)17-7-9-27-10-8-17)19-3-5-21-18(13-19)4-6-23(21)30-32/h3,5,7-10,13-16,32H,4,6,11-12H2,1-2H3/b30-23+. The van der Waals surface area contributed by atoms with Crippen molar-refractivity contribution in [3.05, 3.63) is 72.3 Å². The fourth-order valence-corrected chi connectivity index (χ4v) is 4.04. The lowest BCUT2D eigenvalue weighted by molar-refractivity contribution is 0.245. The summed E-state index contributed by atoms with van der Waals surface area (Å²) < 4.78 is 11.9. The second-order valence-electron chi connectivity index (χ2n) is 8.41. The van der Waals surface area contributed by atoms with E-state index >= 15 is 0 Å². The first-order valence-corrected chi connectivity index (χ1v) is 11.1. The van der Waals surface area contributed by atoms with Crippen LogP contribution in [-0.2, 0) is 6.42 Å². The Labute approximate surface area is 197 Å². The lowest BCUT2D eigenvalue weighted by Crippen LogP contribution is -2.19. The molecule has 0 spiro atoms. The zero-order valence-electron chi connectivity index (χ0n) is 19.1. The molecule has 1 N–H and O–H groups in total. The van der Waals surface area contributed by atoms with Crippen molar-refractivity contribution < 1.29 is 14.4 Å². The molecule has 3 heterocycles. The molecule has 5 rings (SSSR count).